The molecule has 0 unspecified atom stereocenters. The van der Waals surface area contributed by atoms with E-state index in [2.05, 4.69) is 15.2 Å². The summed E-state index contributed by atoms with van der Waals surface area (Å²) in [4.78, 5) is 32.0. The fourth-order valence-corrected chi connectivity index (χ4v) is 3.11. The molecule has 0 spiro atoms. The smallest absolute Gasteiger partial charge is 0.228 e. The first-order valence-electron chi connectivity index (χ1n) is 8.48. The molecule has 2 saturated heterocycles. The Morgan fingerprint density at radius 1 is 1.17 bits per heavy atom. The van der Waals surface area contributed by atoms with Crippen LogP contribution in [0.2, 0.25) is 0 Å². The van der Waals surface area contributed by atoms with Gasteiger partial charge in [-0.25, -0.2) is 4.98 Å². The van der Waals surface area contributed by atoms with Crippen LogP contribution in [0.1, 0.15) is 19.8 Å². The Morgan fingerprint density at radius 3 is 2.46 bits per heavy atom. The van der Waals surface area contributed by atoms with Gasteiger partial charge in [-0.05, 0) is 25.0 Å². The van der Waals surface area contributed by atoms with Gasteiger partial charge in [0.15, 0.2) is 0 Å². The molecule has 1 N–H and O–H groups in total. The van der Waals surface area contributed by atoms with Crippen molar-refractivity contribution < 1.29 is 14.3 Å². The van der Waals surface area contributed by atoms with E-state index in [1.54, 1.807) is 13.1 Å². The summed E-state index contributed by atoms with van der Waals surface area (Å²) in [6.45, 7) is 5.97. The second-order valence-corrected chi connectivity index (χ2v) is 6.27. The SMILES string of the molecule is CC(=O)N1CCN(c2ccc(NC(=O)C3CCOCC3)nc2)CC1. The van der Waals surface area contributed by atoms with E-state index in [1.807, 2.05) is 17.0 Å². The fourth-order valence-electron chi connectivity index (χ4n) is 3.11. The Bertz CT molecular complexity index is 576. The zero-order valence-corrected chi connectivity index (χ0v) is 14.0. The lowest BCUT2D eigenvalue weighted by molar-refractivity contribution is -0.129. The Morgan fingerprint density at radius 2 is 1.88 bits per heavy atom. The maximum atomic E-state index is 12.2. The number of pyridine rings is 1. The molecule has 24 heavy (non-hydrogen) atoms. The first kappa shape index (κ1) is 16.7. The predicted octanol–water partition coefficient (Wildman–Crippen LogP) is 1.12. The summed E-state index contributed by atoms with van der Waals surface area (Å²) in [7, 11) is 0. The van der Waals surface area contributed by atoms with Crippen molar-refractivity contribution in [3.05, 3.63) is 18.3 Å². The molecule has 7 heteroatoms. The van der Waals surface area contributed by atoms with E-state index in [1.165, 1.54) is 0 Å². The monoisotopic (exact) mass is 332 g/mol. The minimum absolute atomic E-state index is 0.0138. The molecule has 1 aromatic heterocycles. The standard InChI is InChI=1S/C17H24N4O3/c1-13(22)20-6-8-21(9-7-20)15-2-3-16(18-12-15)19-17(23)14-4-10-24-11-5-14/h2-3,12,14H,4-11H2,1H3,(H,18,19,23). The van der Waals surface area contributed by atoms with E-state index < -0.39 is 0 Å². The van der Waals surface area contributed by atoms with Gasteiger partial charge >= 0.3 is 0 Å². The highest BCUT2D eigenvalue weighted by Crippen LogP contribution is 2.19. The average molecular weight is 332 g/mol. The topological polar surface area (TPSA) is 74.8 Å². The van der Waals surface area contributed by atoms with Crippen molar-refractivity contribution in [1.29, 1.82) is 0 Å². The molecule has 0 aliphatic carbocycles. The van der Waals surface area contributed by atoms with Crippen LogP contribution in [0.15, 0.2) is 18.3 Å². The van der Waals surface area contributed by atoms with E-state index >= 15 is 0 Å². The van der Waals surface area contributed by atoms with E-state index in [-0.39, 0.29) is 17.7 Å². The number of piperazine rings is 1. The molecule has 0 saturated carbocycles. The largest absolute Gasteiger partial charge is 0.381 e. The van der Waals surface area contributed by atoms with E-state index in [0.29, 0.717) is 19.0 Å². The Balaban J connectivity index is 1.54. The molecule has 3 rings (SSSR count). The first-order valence-corrected chi connectivity index (χ1v) is 8.48. The highest BCUT2D eigenvalue weighted by Gasteiger charge is 2.22. The summed E-state index contributed by atoms with van der Waals surface area (Å²) in [5, 5.41) is 2.89. The summed E-state index contributed by atoms with van der Waals surface area (Å²) in [5.74, 6) is 0.741. The number of hydrogen-bond acceptors (Lipinski definition) is 5. The number of carbonyl (C=O) groups is 2. The molecule has 0 radical (unpaired) electrons. The second-order valence-electron chi connectivity index (χ2n) is 6.27. The Kier molecular flexibility index (Phi) is 5.30. The zero-order chi connectivity index (χ0) is 16.9. The molecule has 0 aromatic carbocycles. The summed E-state index contributed by atoms with van der Waals surface area (Å²) in [6.07, 6.45) is 3.32. The van der Waals surface area contributed by atoms with Gasteiger partial charge in [0, 0.05) is 52.2 Å². The molecule has 1 aromatic rings. The van der Waals surface area contributed by atoms with Gasteiger partial charge < -0.3 is 19.9 Å². The normalized spacial score (nSPS) is 19.2. The molecule has 2 fully saturated rings. The van der Waals surface area contributed by atoms with E-state index in [9.17, 15) is 9.59 Å². The maximum absolute atomic E-state index is 12.2. The number of carbonyl (C=O) groups excluding carboxylic acids is 2. The number of nitrogens with zero attached hydrogens (tertiary/aromatic N) is 3. The van der Waals surface area contributed by atoms with E-state index in [0.717, 1.165) is 44.7 Å². The molecule has 0 atom stereocenters. The molecule has 3 heterocycles. The molecule has 7 nitrogen and oxygen atoms in total. The summed E-state index contributed by atoms with van der Waals surface area (Å²) >= 11 is 0. The van der Waals surface area contributed by atoms with Gasteiger partial charge in [0.2, 0.25) is 11.8 Å². The van der Waals surface area contributed by atoms with Crippen LogP contribution < -0.4 is 10.2 Å². The lowest BCUT2D eigenvalue weighted by Crippen LogP contribution is -2.48. The van der Waals surface area contributed by atoms with Gasteiger partial charge in [0.1, 0.15) is 5.82 Å². The quantitative estimate of drug-likeness (QED) is 0.898. The van der Waals surface area contributed by atoms with Crippen molar-refractivity contribution in [3.63, 3.8) is 0 Å². The average Bonchev–Trinajstić information content (AvgIpc) is 2.63. The molecule has 130 valence electrons. The minimum atomic E-state index is 0.0138. The number of nitrogens with one attached hydrogen (secondary N) is 1. The van der Waals surface area contributed by atoms with Gasteiger partial charge in [0.25, 0.3) is 0 Å². The predicted molar refractivity (Wildman–Crippen MR) is 90.9 cm³/mol. The van der Waals surface area contributed by atoms with Crippen LogP contribution in [-0.2, 0) is 14.3 Å². The number of ether oxygens (including phenoxy) is 1. The molecule has 2 aliphatic rings. The number of aromatic nitrogens is 1. The Labute approximate surface area is 142 Å². The highest BCUT2D eigenvalue weighted by atomic mass is 16.5. The van der Waals surface area contributed by atoms with Crippen LogP contribution >= 0.6 is 0 Å². The third-order valence-corrected chi connectivity index (χ3v) is 4.68. The molecular formula is C17H24N4O3. The zero-order valence-electron chi connectivity index (χ0n) is 14.0. The minimum Gasteiger partial charge on any atom is -0.381 e. The number of amides is 2. The van der Waals surface area contributed by atoms with Crippen LogP contribution in [0, 0.1) is 5.92 Å². The van der Waals surface area contributed by atoms with Crippen molar-refractivity contribution >= 4 is 23.3 Å². The third kappa shape index (κ3) is 4.03. The van der Waals surface area contributed by atoms with Gasteiger partial charge in [-0.15, -0.1) is 0 Å². The van der Waals surface area contributed by atoms with Crippen molar-refractivity contribution in [2.45, 2.75) is 19.8 Å². The maximum Gasteiger partial charge on any atom is 0.228 e. The van der Waals surface area contributed by atoms with Crippen LogP contribution in [0.25, 0.3) is 0 Å². The van der Waals surface area contributed by atoms with Crippen molar-refractivity contribution in [2.24, 2.45) is 5.92 Å². The number of rotatable bonds is 3. The van der Waals surface area contributed by atoms with Gasteiger partial charge in [-0.3, -0.25) is 9.59 Å². The summed E-state index contributed by atoms with van der Waals surface area (Å²) in [5.41, 5.74) is 1.02. The van der Waals surface area contributed by atoms with Gasteiger partial charge in [-0.2, -0.15) is 0 Å². The second kappa shape index (κ2) is 7.61. The highest BCUT2D eigenvalue weighted by molar-refractivity contribution is 5.91. The van der Waals surface area contributed by atoms with Gasteiger partial charge in [-0.1, -0.05) is 0 Å². The fraction of sp³-hybridized carbons (Fsp3) is 0.588. The van der Waals surface area contributed by atoms with Gasteiger partial charge in [0.05, 0.1) is 11.9 Å². The van der Waals surface area contributed by atoms with E-state index in [4.69, 9.17) is 4.74 Å². The number of anilines is 2. The molecule has 2 amide bonds. The summed E-state index contributed by atoms with van der Waals surface area (Å²) in [6, 6.07) is 3.81. The van der Waals surface area contributed by atoms with Crippen LogP contribution in [0.4, 0.5) is 11.5 Å². The lowest BCUT2D eigenvalue weighted by atomic mass is 9.99. The van der Waals surface area contributed by atoms with Crippen LogP contribution in [0.3, 0.4) is 0 Å². The van der Waals surface area contributed by atoms with Crippen molar-refractivity contribution in [1.82, 2.24) is 9.88 Å². The van der Waals surface area contributed by atoms with Crippen LogP contribution in [0.5, 0.6) is 0 Å². The molecule has 2 aliphatic heterocycles. The van der Waals surface area contributed by atoms with Crippen LogP contribution in [-0.4, -0.2) is 61.1 Å². The molecule has 0 bridgehead atoms. The van der Waals surface area contributed by atoms with Crippen molar-refractivity contribution in [2.75, 3.05) is 49.6 Å². The van der Waals surface area contributed by atoms with Crippen molar-refractivity contribution in [3.8, 4) is 0 Å². The third-order valence-electron chi connectivity index (χ3n) is 4.68. The number of hydrogen-bond donors (Lipinski definition) is 1. The summed E-state index contributed by atoms with van der Waals surface area (Å²) < 4.78 is 5.28. The Hall–Kier alpha value is -2.15. The molecular weight excluding hydrogens is 308 g/mol. The first-order chi connectivity index (χ1) is 11.6. The lowest BCUT2D eigenvalue weighted by Gasteiger charge is -2.35.